The molecule has 3 heteroatoms. The summed E-state index contributed by atoms with van der Waals surface area (Å²) in [6, 6.07) is 19.3. The van der Waals surface area contributed by atoms with Gasteiger partial charge in [0.1, 0.15) is 0 Å². The van der Waals surface area contributed by atoms with Crippen molar-refractivity contribution in [2.45, 2.75) is 38.8 Å². The highest BCUT2D eigenvalue weighted by molar-refractivity contribution is 5.93. The van der Waals surface area contributed by atoms with E-state index in [1.165, 1.54) is 43.5 Å². The molecule has 3 nitrogen and oxygen atoms in total. The number of carbonyl (C=O) groups is 1. The molecule has 1 saturated heterocycles. The normalized spacial score (nSPS) is 22.8. The number of piperidine rings is 1. The minimum absolute atomic E-state index is 0.137. The minimum atomic E-state index is 0.137. The van der Waals surface area contributed by atoms with Crippen LogP contribution in [0.3, 0.4) is 0 Å². The highest BCUT2D eigenvalue weighted by Gasteiger charge is 2.34. The van der Waals surface area contributed by atoms with Crippen LogP contribution in [0.4, 0.5) is 0 Å². The first-order valence-electron chi connectivity index (χ1n) is 11.0. The van der Waals surface area contributed by atoms with E-state index < -0.39 is 0 Å². The maximum Gasteiger partial charge on any atom is 0.159 e. The fraction of sp³-hybridized carbons (Fsp3) is 0.423. The van der Waals surface area contributed by atoms with Gasteiger partial charge in [-0.25, -0.2) is 0 Å². The second-order valence-corrected chi connectivity index (χ2v) is 8.66. The van der Waals surface area contributed by atoms with Gasteiger partial charge in [-0.1, -0.05) is 66.7 Å². The van der Waals surface area contributed by atoms with Crippen LogP contribution in [0.5, 0.6) is 0 Å². The van der Waals surface area contributed by atoms with Crippen LogP contribution in [-0.2, 0) is 6.54 Å². The SMILES string of the molecule is CC(=O)c1ccc(CN2CCC(CNC3CC3/C=C/c3ccccc3)CC2)cc1. The molecule has 2 fully saturated rings. The molecule has 0 spiro atoms. The molecular formula is C26H32N2O. The number of nitrogens with one attached hydrogen (secondary N) is 1. The van der Waals surface area contributed by atoms with Gasteiger partial charge in [0.15, 0.2) is 5.78 Å². The van der Waals surface area contributed by atoms with Gasteiger partial charge in [-0.3, -0.25) is 9.69 Å². The van der Waals surface area contributed by atoms with Crippen molar-refractivity contribution in [3.8, 4) is 0 Å². The topological polar surface area (TPSA) is 32.3 Å². The molecule has 2 aromatic rings. The maximum atomic E-state index is 11.4. The molecule has 2 unspecified atom stereocenters. The van der Waals surface area contributed by atoms with Crippen molar-refractivity contribution in [3.63, 3.8) is 0 Å². The quantitative estimate of drug-likeness (QED) is 0.660. The number of likely N-dealkylation sites (tertiary alicyclic amines) is 1. The van der Waals surface area contributed by atoms with Crippen molar-refractivity contribution in [2.75, 3.05) is 19.6 Å². The van der Waals surface area contributed by atoms with Gasteiger partial charge >= 0.3 is 0 Å². The molecule has 152 valence electrons. The molecule has 29 heavy (non-hydrogen) atoms. The molecule has 2 atom stereocenters. The summed E-state index contributed by atoms with van der Waals surface area (Å²) in [6.45, 7) is 6.11. The van der Waals surface area contributed by atoms with Gasteiger partial charge in [0.2, 0.25) is 0 Å². The fourth-order valence-corrected chi connectivity index (χ4v) is 4.23. The summed E-state index contributed by atoms with van der Waals surface area (Å²) in [4.78, 5) is 13.9. The number of benzene rings is 2. The van der Waals surface area contributed by atoms with Gasteiger partial charge in [-0.05, 0) is 68.8 Å². The molecule has 0 bridgehead atoms. The average Bonchev–Trinajstić information content (AvgIpc) is 3.51. The number of hydrogen-bond acceptors (Lipinski definition) is 3. The van der Waals surface area contributed by atoms with Gasteiger partial charge in [-0.15, -0.1) is 0 Å². The number of ketones is 1. The lowest BCUT2D eigenvalue weighted by atomic mass is 9.96. The maximum absolute atomic E-state index is 11.4. The molecule has 1 aliphatic carbocycles. The zero-order valence-corrected chi connectivity index (χ0v) is 17.4. The van der Waals surface area contributed by atoms with Crippen LogP contribution in [0.15, 0.2) is 60.7 Å². The Morgan fingerprint density at radius 3 is 2.48 bits per heavy atom. The number of nitrogens with zero attached hydrogens (tertiary/aromatic N) is 1. The Morgan fingerprint density at radius 2 is 1.79 bits per heavy atom. The molecule has 1 heterocycles. The molecule has 1 N–H and O–H groups in total. The highest BCUT2D eigenvalue weighted by atomic mass is 16.1. The van der Waals surface area contributed by atoms with E-state index >= 15 is 0 Å². The molecule has 1 aliphatic heterocycles. The summed E-state index contributed by atoms with van der Waals surface area (Å²) in [6.07, 6.45) is 8.45. The number of hydrogen-bond donors (Lipinski definition) is 1. The second-order valence-electron chi connectivity index (χ2n) is 8.66. The molecule has 1 saturated carbocycles. The van der Waals surface area contributed by atoms with Crippen LogP contribution in [0.1, 0.15) is 47.7 Å². The van der Waals surface area contributed by atoms with Crippen LogP contribution in [0.25, 0.3) is 6.08 Å². The largest absolute Gasteiger partial charge is 0.313 e. The summed E-state index contributed by atoms with van der Waals surface area (Å²) in [5.41, 5.74) is 3.40. The molecule has 4 rings (SSSR count). The first-order chi connectivity index (χ1) is 14.2. The number of carbonyl (C=O) groups excluding carboxylic acids is 1. The van der Waals surface area contributed by atoms with E-state index in [2.05, 4.69) is 64.8 Å². The minimum Gasteiger partial charge on any atom is -0.313 e. The Bertz CT molecular complexity index is 820. The van der Waals surface area contributed by atoms with Crippen molar-refractivity contribution in [1.29, 1.82) is 0 Å². The van der Waals surface area contributed by atoms with Crippen molar-refractivity contribution in [2.24, 2.45) is 11.8 Å². The smallest absolute Gasteiger partial charge is 0.159 e. The Morgan fingerprint density at radius 1 is 1.07 bits per heavy atom. The number of Topliss-reactive ketones (excluding diaryl/α,β-unsaturated/α-hetero) is 1. The van der Waals surface area contributed by atoms with Crippen molar-refractivity contribution in [3.05, 3.63) is 77.4 Å². The highest BCUT2D eigenvalue weighted by Crippen LogP contribution is 2.33. The van der Waals surface area contributed by atoms with E-state index in [0.29, 0.717) is 12.0 Å². The average molecular weight is 389 g/mol. The van der Waals surface area contributed by atoms with Gasteiger partial charge in [0.05, 0.1) is 0 Å². The Balaban J connectivity index is 1.14. The van der Waals surface area contributed by atoms with Gasteiger partial charge in [0, 0.05) is 18.2 Å². The summed E-state index contributed by atoms with van der Waals surface area (Å²) in [5, 5.41) is 3.79. The third-order valence-corrected chi connectivity index (χ3v) is 6.32. The lowest BCUT2D eigenvalue weighted by Gasteiger charge is -2.32. The van der Waals surface area contributed by atoms with E-state index in [1.54, 1.807) is 6.92 Å². The summed E-state index contributed by atoms with van der Waals surface area (Å²) < 4.78 is 0. The summed E-state index contributed by atoms with van der Waals surface area (Å²) in [7, 11) is 0. The van der Waals surface area contributed by atoms with E-state index in [9.17, 15) is 4.79 Å². The van der Waals surface area contributed by atoms with Crippen LogP contribution in [-0.4, -0.2) is 36.4 Å². The molecule has 0 radical (unpaired) electrons. The number of rotatable bonds is 8. The molecule has 0 aromatic heterocycles. The third kappa shape index (κ3) is 5.88. The van der Waals surface area contributed by atoms with Crippen molar-refractivity contribution < 1.29 is 4.79 Å². The second kappa shape index (κ2) is 9.51. The van der Waals surface area contributed by atoms with E-state index in [1.807, 2.05) is 12.1 Å². The summed E-state index contributed by atoms with van der Waals surface area (Å²) >= 11 is 0. The Labute approximate surface area is 174 Å². The van der Waals surface area contributed by atoms with E-state index in [4.69, 9.17) is 0 Å². The standard InChI is InChI=1S/C26H32N2O/c1-20(29)24-10-8-23(9-11-24)19-28-15-13-22(14-16-28)18-27-26-17-25(26)12-7-21-5-3-2-4-6-21/h2-12,22,25-27H,13-19H2,1H3/b12-7+. The van der Waals surface area contributed by atoms with E-state index in [0.717, 1.165) is 24.6 Å². The van der Waals surface area contributed by atoms with Crippen molar-refractivity contribution >= 4 is 11.9 Å². The lowest BCUT2D eigenvalue weighted by molar-refractivity contribution is 0.101. The first kappa shape index (κ1) is 20.1. The van der Waals surface area contributed by atoms with Gasteiger partial charge in [-0.2, -0.15) is 0 Å². The Kier molecular flexibility index (Phi) is 6.58. The van der Waals surface area contributed by atoms with Crippen LogP contribution in [0.2, 0.25) is 0 Å². The predicted molar refractivity (Wildman–Crippen MR) is 120 cm³/mol. The lowest BCUT2D eigenvalue weighted by Crippen LogP contribution is -2.37. The van der Waals surface area contributed by atoms with Crippen LogP contribution in [0, 0.1) is 11.8 Å². The third-order valence-electron chi connectivity index (χ3n) is 6.32. The summed E-state index contributed by atoms with van der Waals surface area (Å²) in [5.74, 6) is 1.64. The molecule has 2 aliphatic rings. The van der Waals surface area contributed by atoms with Crippen LogP contribution >= 0.6 is 0 Å². The van der Waals surface area contributed by atoms with Gasteiger partial charge < -0.3 is 5.32 Å². The monoisotopic (exact) mass is 388 g/mol. The molecule has 0 amide bonds. The fourth-order valence-electron chi connectivity index (χ4n) is 4.23. The zero-order valence-electron chi connectivity index (χ0n) is 17.4. The Hall–Kier alpha value is -2.23. The van der Waals surface area contributed by atoms with E-state index in [-0.39, 0.29) is 5.78 Å². The van der Waals surface area contributed by atoms with Crippen LogP contribution < -0.4 is 5.32 Å². The van der Waals surface area contributed by atoms with Crippen molar-refractivity contribution in [1.82, 2.24) is 10.2 Å². The molecular weight excluding hydrogens is 356 g/mol. The molecule has 2 aromatic carbocycles. The zero-order chi connectivity index (χ0) is 20.1. The van der Waals surface area contributed by atoms with Gasteiger partial charge in [0.25, 0.3) is 0 Å². The predicted octanol–water partition coefficient (Wildman–Crippen LogP) is 4.79. The first-order valence-corrected chi connectivity index (χ1v) is 11.0.